The number of rotatable bonds is 4. The minimum atomic E-state index is -0.899. The van der Waals surface area contributed by atoms with Crippen LogP contribution in [0.5, 0.6) is 0 Å². The topological polar surface area (TPSA) is 29.4 Å². The van der Waals surface area contributed by atoms with E-state index < -0.39 is 10.8 Å². The number of hydrogen-bond donors (Lipinski definition) is 0. The van der Waals surface area contributed by atoms with Gasteiger partial charge in [-0.1, -0.05) is 13.3 Å². The molecule has 0 N–H and O–H groups in total. The molecule has 0 aromatic rings. The van der Waals surface area contributed by atoms with E-state index in [9.17, 15) is 4.21 Å². The van der Waals surface area contributed by atoms with Crippen LogP contribution in [-0.2, 0) is 10.8 Å². The molecule has 2 atom stereocenters. The number of nitrogens with zero attached hydrogens (tertiary/aromatic N) is 1. The molecule has 0 aliphatic rings. The van der Waals surface area contributed by atoms with Crippen molar-refractivity contribution < 1.29 is 4.21 Å². The molecule has 0 fully saturated rings. The molecule has 2 nitrogen and oxygen atoms in total. The molecule has 0 aliphatic carbocycles. The molecule has 0 saturated carbocycles. The van der Waals surface area contributed by atoms with E-state index in [2.05, 4.69) is 22.4 Å². The second kappa shape index (κ2) is 5.71. The SMILES string of the molecule is CCC[C@@H](N=C=S)S(C)=O. The molecule has 0 heterocycles. The van der Waals surface area contributed by atoms with E-state index in [-0.39, 0.29) is 5.37 Å². The summed E-state index contributed by atoms with van der Waals surface area (Å²) in [5.74, 6) is 0. The van der Waals surface area contributed by atoms with Crippen molar-refractivity contribution in [2.75, 3.05) is 6.26 Å². The van der Waals surface area contributed by atoms with Gasteiger partial charge in [0.2, 0.25) is 0 Å². The average molecular weight is 177 g/mol. The van der Waals surface area contributed by atoms with Gasteiger partial charge in [0.05, 0.1) is 5.16 Å². The van der Waals surface area contributed by atoms with Crippen molar-refractivity contribution in [3.63, 3.8) is 0 Å². The number of hydrogen-bond acceptors (Lipinski definition) is 3. The first-order valence-electron chi connectivity index (χ1n) is 3.11. The summed E-state index contributed by atoms with van der Waals surface area (Å²) in [6.45, 7) is 2.03. The smallest absolute Gasteiger partial charge is 0.135 e. The first-order chi connectivity index (χ1) is 4.72. The Bertz CT molecular complexity index is 161. The summed E-state index contributed by atoms with van der Waals surface area (Å²) in [6.07, 6.45) is 3.44. The lowest BCUT2D eigenvalue weighted by Crippen LogP contribution is -2.09. The molecule has 4 heteroatoms. The van der Waals surface area contributed by atoms with Crippen LogP contribution in [0.1, 0.15) is 19.8 Å². The van der Waals surface area contributed by atoms with E-state index in [0.717, 1.165) is 12.8 Å². The van der Waals surface area contributed by atoms with E-state index >= 15 is 0 Å². The van der Waals surface area contributed by atoms with Gasteiger partial charge in [-0.05, 0) is 18.6 Å². The van der Waals surface area contributed by atoms with Crippen LogP contribution in [0.3, 0.4) is 0 Å². The van der Waals surface area contributed by atoms with Crippen LogP contribution in [0, 0.1) is 0 Å². The molecule has 1 unspecified atom stereocenters. The van der Waals surface area contributed by atoms with Gasteiger partial charge >= 0.3 is 0 Å². The molecule has 0 bridgehead atoms. The fourth-order valence-electron chi connectivity index (χ4n) is 0.610. The molecule has 0 rings (SSSR count). The lowest BCUT2D eigenvalue weighted by Gasteiger charge is -2.03. The molecule has 0 spiro atoms. The van der Waals surface area contributed by atoms with Crippen molar-refractivity contribution >= 4 is 28.2 Å². The summed E-state index contributed by atoms with van der Waals surface area (Å²) in [4.78, 5) is 3.78. The second-order valence-electron chi connectivity index (χ2n) is 1.96. The number of thiocarbonyl (C=S) groups is 1. The maximum absolute atomic E-state index is 10.9. The Labute approximate surface area is 69.2 Å². The van der Waals surface area contributed by atoms with E-state index in [1.165, 1.54) is 0 Å². The van der Waals surface area contributed by atoms with Crippen LogP contribution in [-0.4, -0.2) is 21.0 Å². The highest BCUT2D eigenvalue weighted by atomic mass is 32.2. The number of aliphatic imine (C=N–C) groups is 1. The van der Waals surface area contributed by atoms with Crippen molar-refractivity contribution in [1.82, 2.24) is 0 Å². The Morgan fingerprint density at radius 1 is 1.80 bits per heavy atom. The summed E-state index contributed by atoms with van der Waals surface area (Å²) in [6, 6.07) is 0. The molecule has 58 valence electrons. The van der Waals surface area contributed by atoms with Gasteiger partial charge in [0.1, 0.15) is 5.37 Å². The summed E-state index contributed by atoms with van der Waals surface area (Å²) >= 11 is 4.41. The van der Waals surface area contributed by atoms with Crippen molar-refractivity contribution in [1.29, 1.82) is 0 Å². The molecule has 0 aliphatic heterocycles. The Morgan fingerprint density at radius 2 is 2.40 bits per heavy atom. The highest BCUT2D eigenvalue weighted by Gasteiger charge is 2.07. The number of isothiocyanates is 1. The minimum absolute atomic E-state index is 0.137. The quantitative estimate of drug-likeness (QED) is 0.482. The molecule has 0 aromatic carbocycles. The predicted molar refractivity (Wildman–Crippen MR) is 47.8 cm³/mol. The van der Waals surface area contributed by atoms with Crippen LogP contribution in [0.4, 0.5) is 0 Å². The van der Waals surface area contributed by atoms with Gasteiger partial charge in [-0.2, -0.15) is 0 Å². The summed E-state index contributed by atoms with van der Waals surface area (Å²) < 4.78 is 10.9. The zero-order valence-corrected chi connectivity index (χ0v) is 7.80. The third-order valence-electron chi connectivity index (χ3n) is 1.12. The van der Waals surface area contributed by atoms with Crippen LogP contribution < -0.4 is 0 Å². The lowest BCUT2D eigenvalue weighted by atomic mass is 10.3. The third-order valence-corrected chi connectivity index (χ3v) is 2.33. The van der Waals surface area contributed by atoms with Gasteiger partial charge in [0.25, 0.3) is 0 Å². The summed E-state index contributed by atoms with van der Waals surface area (Å²) in [5.41, 5.74) is 0. The molecular formula is C6H11NOS2. The van der Waals surface area contributed by atoms with Crippen molar-refractivity contribution in [3.8, 4) is 0 Å². The molecule has 0 saturated heterocycles. The van der Waals surface area contributed by atoms with Gasteiger partial charge in [0.15, 0.2) is 0 Å². The highest BCUT2D eigenvalue weighted by Crippen LogP contribution is 2.03. The molecule has 0 radical (unpaired) electrons. The third kappa shape index (κ3) is 3.88. The Morgan fingerprint density at radius 3 is 2.70 bits per heavy atom. The largest absolute Gasteiger partial charge is 0.258 e. The maximum atomic E-state index is 10.9. The first kappa shape index (κ1) is 9.95. The molecule has 0 amide bonds. The fourth-order valence-corrected chi connectivity index (χ4v) is 1.57. The van der Waals surface area contributed by atoms with E-state index in [1.54, 1.807) is 6.26 Å². The van der Waals surface area contributed by atoms with Crippen LogP contribution >= 0.6 is 12.2 Å². The average Bonchev–Trinajstić information content (AvgIpc) is 1.87. The lowest BCUT2D eigenvalue weighted by molar-refractivity contribution is 0.662. The second-order valence-corrected chi connectivity index (χ2v) is 3.69. The Balaban J connectivity index is 3.97. The van der Waals surface area contributed by atoms with E-state index in [4.69, 9.17) is 0 Å². The Kier molecular flexibility index (Phi) is 5.69. The van der Waals surface area contributed by atoms with E-state index in [0.29, 0.717) is 0 Å². The Hall–Kier alpha value is -0.0500. The summed E-state index contributed by atoms with van der Waals surface area (Å²) in [5, 5.41) is 2.11. The van der Waals surface area contributed by atoms with Gasteiger partial charge < -0.3 is 0 Å². The van der Waals surface area contributed by atoms with E-state index in [1.807, 2.05) is 6.92 Å². The zero-order chi connectivity index (χ0) is 7.98. The van der Waals surface area contributed by atoms with Crippen molar-refractivity contribution in [2.45, 2.75) is 25.1 Å². The zero-order valence-electron chi connectivity index (χ0n) is 6.16. The normalized spacial score (nSPS) is 15.4. The van der Waals surface area contributed by atoms with Gasteiger partial charge in [-0.15, -0.1) is 0 Å². The van der Waals surface area contributed by atoms with Crippen molar-refractivity contribution in [3.05, 3.63) is 0 Å². The molecular weight excluding hydrogens is 166 g/mol. The maximum Gasteiger partial charge on any atom is 0.135 e. The highest BCUT2D eigenvalue weighted by molar-refractivity contribution is 7.85. The van der Waals surface area contributed by atoms with Gasteiger partial charge in [-0.3, -0.25) is 4.21 Å². The van der Waals surface area contributed by atoms with Gasteiger partial charge in [0, 0.05) is 17.1 Å². The summed E-state index contributed by atoms with van der Waals surface area (Å²) in [7, 11) is -0.899. The first-order valence-corrected chi connectivity index (χ1v) is 5.14. The molecule has 10 heavy (non-hydrogen) atoms. The molecule has 0 aromatic heterocycles. The fraction of sp³-hybridized carbons (Fsp3) is 0.833. The van der Waals surface area contributed by atoms with Crippen LogP contribution in [0.25, 0.3) is 0 Å². The van der Waals surface area contributed by atoms with Gasteiger partial charge in [-0.25, -0.2) is 4.99 Å². The van der Waals surface area contributed by atoms with Crippen LogP contribution in [0.2, 0.25) is 0 Å². The predicted octanol–water partition coefficient (Wildman–Crippen LogP) is 1.59. The minimum Gasteiger partial charge on any atom is -0.258 e. The monoisotopic (exact) mass is 177 g/mol. The van der Waals surface area contributed by atoms with Crippen molar-refractivity contribution in [2.24, 2.45) is 4.99 Å². The van der Waals surface area contributed by atoms with Crippen LogP contribution in [0.15, 0.2) is 4.99 Å². The standard InChI is InChI=1S/C6H11NOS2/c1-3-4-6(7-5-9)10(2)8/h6H,3-4H2,1-2H3/t6-,10?/m0/s1.